The van der Waals surface area contributed by atoms with Crippen LogP contribution in [0.5, 0.6) is 0 Å². The zero-order valence-corrected chi connectivity index (χ0v) is 15.5. The Morgan fingerprint density at radius 2 is 2.04 bits per heavy atom. The van der Waals surface area contributed by atoms with E-state index in [9.17, 15) is 9.59 Å². The number of hydrogen-bond donors (Lipinski definition) is 2. The number of H-pyrrole nitrogens is 1. The monoisotopic (exact) mass is 392 g/mol. The van der Waals surface area contributed by atoms with Crippen LogP contribution in [0.15, 0.2) is 39.9 Å². The molecule has 1 aromatic carbocycles. The molecule has 0 aliphatic rings. The topological polar surface area (TPSA) is 110 Å². The number of rotatable bonds is 6. The van der Waals surface area contributed by atoms with E-state index in [1.807, 2.05) is 37.3 Å². The minimum Gasteiger partial charge on any atom is -0.383 e. The molecule has 0 atom stereocenters. The van der Waals surface area contributed by atoms with E-state index in [0.717, 1.165) is 17.1 Å². The Hall–Kier alpha value is -2.65. The highest BCUT2D eigenvalue weighted by atomic mass is 35.5. The number of nitrogen functional groups attached to an aromatic ring is 1. The second-order valence-corrected chi connectivity index (χ2v) is 6.93. The number of halogens is 1. The van der Waals surface area contributed by atoms with Gasteiger partial charge < -0.3 is 10.6 Å². The molecule has 3 aromatic rings. The van der Waals surface area contributed by atoms with Gasteiger partial charge >= 0.3 is 5.69 Å². The molecule has 2 heterocycles. The van der Waals surface area contributed by atoms with Crippen molar-refractivity contribution in [1.82, 2.24) is 19.1 Å². The van der Waals surface area contributed by atoms with Crippen molar-refractivity contribution in [2.24, 2.45) is 0 Å². The van der Waals surface area contributed by atoms with Crippen LogP contribution in [0, 0.1) is 0 Å². The van der Waals surface area contributed by atoms with Gasteiger partial charge in [-0.3, -0.25) is 14.3 Å². The van der Waals surface area contributed by atoms with E-state index in [2.05, 4.69) is 14.6 Å². The summed E-state index contributed by atoms with van der Waals surface area (Å²) < 4.78 is 5.59. The van der Waals surface area contributed by atoms with Gasteiger partial charge in [0.2, 0.25) is 0 Å². The molecule has 0 spiro atoms. The third-order valence-electron chi connectivity index (χ3n) is 3.95. The van der Waals surface area contributed by atoms with Gasteiger partial charge in [-0.15, -0.1) is 5.10 Å². The molecule has 10 heteroatoms. The standard InChI is InChI=1S/C16H17ClN6O2S/c1-2-22(9-11-13(17)26-21-20-11)12-14(18)23(16(25)19-15(12)24)8-10-6-4-3-5-7-10/h3-7H,2,8-9,18H2,1H3,(H,19,24,25). The van der Waals surface area contributed by atoms with Crippen LogP contribution in [0.4, 0.5) is 11.5 Å². The Labute approximate surface area is 158 Å². The summed E-state index contributed by atoms with van der Waals surface area (Å²) in [5.41, 5.74) is 6.78. The molecule has 0 aliphatic heterocycles. The Balaban J connectivity index is 2.03. The highest BCUT2D eigenvalue weighted by Crippen LogP contribution is 2.23. The predicted molar refractivity (Wildman–Crippen MR) is 103 cm³/mol. The van der Waals surface area contributed by atoms with E-state index in [4.69, 9.17) is 17.3 Å². The highest BCUT2D eigenvalue weighted by molar-refractivity contribution is 7.10. The maximum absolute atomic E-state index is 12.4. The average Bonchev–Trinajstić information content (AvgIpc) is 3.03. The zero-order valence-electron chi connectivity index (χ0n) is 14.0. The minimum atomic E-state index is -0.551. The molecular formula is C16H17ClN6O2S. The second kappa shape index (κ2) is 7.71. The first kappa shape index (κ1) is 18.2. The maximum atomic E-state index is 12.4. The van der Waals surface area contributed by atoms with E-state index in [0.29, 0.717) is 16.6 Å². The highest BCUT2D eigenvalue weighted by Gasteiger charge is 2.20. The van der Waals surface area contributed by atoms with Crippen molar-refractivity contribution in [3.63, 3.8) is 0 Å². The molecule has 0 saturated carbocycles. The number of nitrogens with one attached hydrogen (secondary N) is 1. The molecule has 8 nitrogen and oxygen atoms in total. The molecule has 0 saturated heterocycles. The first-order valence-electron chi connectivity index (χ1n) is 7.89. The molecule has 0 aliphatic carbocycles. The third-order valence-corrected chi connectivity index (χ3v) is 4.93. The van der Waals surface area contributed by atoms with Crippen LogP contribution in [0.2, 0.25) is 4.34 Å². The van der Waals surface area contributed by atoms with Gasteiger partial charge in [0, 0.05) is 18.1 Å². The van der Waals surface area contributed by atoms with Gasteiger partial charge in [-0.25, -0.2) is 4.79 Å². The fraction of sp³-hybridized carbons (Fsp3) is 0.250. The Morgan fingerprint density at radius 3 is 2.65 bits per heavy atom. The fourth-order valence-corrected chi connectivity index (χ4v) is 3.24. The lowest BCUT2D eigenvalue weighted by atomic mass is 10.2. The van der Waals surface area contributed by atoms with E-state index in [1.165, 1.54) is 4.57 Å². The number of hydrogen-bond acceptors (Lipinski definition) is 7. The van der Waals surface area contributed by atoms with Gasteiger partial charge in [0.15, 0.2) is 0 Å². The van der Waals surface area contributed by atoms with Crippen molar-refractivity contribution in [3.8, 4) is 0 Å². The SMILES string of the molecule is CCN(Cc1nnsc1Cl)c1c(N)n(Cc2ccccc2)c(=O)[nH]c1=O. The average molecular weight is 393 g/mol. The molecule has 0 amide bonds. The number of benzene rings is 1. The molecule has 0 bridgehead atoms. The summed E-state index contributed by atoms with van der Waals surface area (Å²) in [5, 5.41) is 3.97. The van der Waals surface area contributed by atoms with Crippen LogP contribution < -0.4 is 21.9 Å². The Kier molecular flexibility index (Phi) is 5.38. The molecule has 0 radical (unpaired) electrons. The largest absolute Gasteiger partial charge is 0.383 e. The first-order valence-corrected chi connectivity index (χ1v) is 9.04. The quantitative estimate of drug-likeness (QED) is 0.660. The lowest BCUT2D eigenvalue weighted by Gasteiger charge is -2.24. The smallest absolute Gasteiger partial charge is 0.330 e. The number of anilines is 2. The normalized spacial score (nSPS) is 10.8. The molecule has 0 fully saturated rings. The van der Waals surface area contributed by atoms with Crippen LogP contribution in [0.25, 0.3) is 0 Å². The van der Waals surface area contributed by atoms with E-state index in [-0.39, 0.29) is 24.6 Å². The maximum Gasteiger partial charge on any atom is 0.330 e. The van der Waals surface area contributed by atoms with Crippen LogP contribution >= 0.6 is 23.1 Å². The zero-order chi connectivity index (χ0) is 18.7. The molecule has 0 unspecified atom stereocenters. The Morgan fingerprint density at radius 1 is 1.31 bits per heavy atom. The number of nitrogens with zero attached hydrogens (tertiary/aromatic N) is 4. The second-order valence-electron chi connectivity index (χ2n) is 5.57. The predicted octanol–water partition coefficient (Wildman–Crippen LogP) is 1.70. The fourth-order valence-electron chi connectivity index (χ4n) is 2.63. The van der Waals surface area contributed by atoms with Crippen molar-refractivity contribution in [2.45, 2.75) is 20.0 Å². The summed E-state index contributed by atoms with van der Waals surface area (Å²) in [6, 6.07) is 9.40. The number of aromatic amines is 1. The molecule has 136 valence electrons. The number of nitrogens with two attached hydrogens (primary N) is 1. The Bertz CT molecular complexity index is 1010. The van der Waals surface area contributed by atoms with Crippen LogP contribution in [-0.2, 0) is 13.1 Å². The minimum absolute atomic E-state index is 0.101. The molecule has 3 rings (SSSR count). The van der Waals surface area contributed by atoms with Crippen LogP contribution in [0.1, 0.15) is 18.2 Å². The van der Waals surface area contributed by atoms with Gasteiger partial charge in [0.05, 0.1) is 13.1 Å². The van der Waals surface area contributed by atoms with Crippen LogP contribution in [0.3, 0.4) is 0 Å². The van der Waals surface area contributed by atoms with Gasteiger partial charge in [0.1, 0.15) is 21.5 Å². The molecule has 26 heavy (non-hydrogen) atoms. The van der Waals surface area contributed by atoms with Crippen molar-refractivity contribution in [2.75, 3.05) is 17.2 Å². The van der Waals surface area contributed by atoms with Crippen molar-refractivity contribution < 1.29 is 0 Å². The van der Waals surface area contributed by atoms with E-state index < -0.39 is 11.2 Å². The summed E-state index contributed by atoms with van der Waals surface area (Å²) in [5.74, 6) is 0.101. The summed E-state index contributed by atoms with van der Waals surface area (Å²) in [6.07, 6.45) is 0. The molecule has 3 N–H and O–H groups in total. The first-order chi connectivity index (χ1) is 12.5. The lowest BCUT2D eigenvalue weighted by molar-refractivity contribution is 0.715. The van der Waals surface area contributed by atoms with Crippen molar-refractivity contribution >= 4 is 34.6 Å². The van der Waals surface area contributed by atoms with E-state index in [1.54, 1.807) is 4.90 Å². The van der Waals surface area contributed by atoms with Gasteiger partial charge in [-0.2, -0.15) is 0 Å². The summed E-state index contributed by atoms with van der Waals surface area (Å²) in [4.78, 5) is 28.8. The summed E-state index contributed by atoms with van der Waals surface area (Å²) >= 11 is 7.14. The molecule has 2 aromatic heterocycles. The van der Waals surface area contributed by atoms with Gasteiger partial charge in [0.25, 0.3) is 5.56 Å². The van der Waals surface area contributed by atoms with Gasteiger partial charge in [-0.1, -0.05) is 46.4 Å². The summed E-state index contributed by atoms with van der Waals surface area (Å²) in [6.45, 7) is 2.87. The summed E-state index contributed by atoms with van der Waals surface area (Å²) in [7, 11) is 0. The number of aromatic nitrogens is 4. The lowest BCUT2D eigenvalue weighted by Crippen LogP contribution is -2.38. The molecular weight excluding hydrogens is 376 g/mol. The van der Waals surface area contributed by atoms with Crippen LogP contribution in [-0.4, -0.2) is 25.7 Å². The van der Waals surface area contributed by atoms with Crippen molar-refractivity contribution in [1.29, 1.82) is 0 Å². The van der Waals surface area contributed by atoms with Crippen molar-refractivity contribution in [3.05, 3.63) is 66.8 Å². The van der Waals surface area contributed by atoms with Gasteiger partial charge in [-0.05, 0) is 12.5 Å². The van der Waals surface area contributed by atoms with E-state index >= 15 is 0 Å². The third kappa shape index (κ3) is 3.63.